The second-order valence-corrected chi connectivity index (χ2v) is 11.6. The molecule has 6 N–H and O–H groups in total. The highest BCUT2D eigenvalue weighted by Crippen LogP contribution is 2.66. The molecular weight excluding hydrogens is 539 g/mol. The zero-order valence-electron chi connectivity index (χ0n) is 16.9. The minimum atomic E-state index is -5.90. The molecule has 2 aromatic rings. The van der Waals surface area contributed by atoms with Crippen molar-refractivity contribution in [3.05, 3.63) is 22.5 Å². The number of hydrogen-bond donors (Lipinski definition) is 6. The second kappa shape index (κ2) is 8.58. The lowest BCUT2D eigenvalue weighted by molar-refractivity contribution is -0.203. The van der Waals surface area contributed by atoms with Gasteiger partial charge in [0.15, 0.2) is 29.2 Å². The molecule has 34 heavy (non-hydrogen) atoms. The van der Waals surface area contributed by atoms with Crippen molar-refractivity contribution in [1.29, 1.82) is 0 Å². The topological polar surface area (TPSA) is 253 Å². The van der Waals surface area contributed by atoms with Crippen LogP contribution in [-0.4, -0.2) is 68.4 Å². The first-order valence-corrected chi connectivity index (χ1v) is 13.2. The molecule has 0 saturated carbocycles. The van der Waals surface area contributed by atoms with Gasteiger partial charge in [-0.15, -0.1) is 0 Å². The van der Waals surface area contributed by atoms with Gasteiger partial charge in [0.05, 0.1) is 6.33 Å². The summed E-state index contributed by atoms with van der Waals surface area (Å²) < 4.78 is 81.2. The highest BCUT2D eigenvalue weighted by atomic mass is 31.3. The van der Waals surface area contributed by atoms with Crippen molar-refractivity contribution in [3.8, 4) is 0 Å². The Bertz CT molecular complexity index is 1310. The highest BCUT2D eigenvalue weighted by molar-refractivity contribution is 7.66. The van der Waals surface area contributed by atoms with Crippen LogP contribution in [0.4, 0.5) is 8.78 Å². The van der Waals surface area contributed by atoms with Crippen LogP contribution in [0.15, 0.2) is 11.1 Å². The van der Waals surface area contributed by atoms with Gasteiger partial charge in [-0.05, 0) is 13.8 Å². The summed E-state index contributed by atoms with van der Waals surface area (Å²) in [5.74, 6) is -3.51. The summed E-state index contributed by atoms with van der Waals surface area (Å²) in [7, 11) is -17.4. The third-order valence-electron chi connectivity index (χ3n) is 4.38. The molecule has 0 amide bonds. The summed E-state index contributed by atoms with van der Waals surface area (Å²) >= 11 is 0. The summed E-state index contributed by atoms with van der Waals surface area (Å²) in [5, 5.41) is 10.2. The zero-order valence-corrected chi connectivity index (χ0v) is 19.6. The number of rotatable bonds is 8. The van der Waals surface area contributed by atoms with Gasteiger partial charge < -0.3 is 34.4 Å². The van der Waals surface area contributed by atoms with Crippen molar-refractivity contribution < 1.29 is 65.0 Å². The minimum absolute atomic E-state index is 0.0810. The lowest BCUT2D eigenvalue weighted by atomic mass is 9.97. The first-order chi connectivity index (χ1) is 15.3. The van der Waals surface area contributed by atoms with Crippen LogP contribution in [0.1, 0.15) is 19.0 Å². The van der Waals surface area contributed by atoms with E-state index < -0.39 is 59.5 Å². The molecule has 6 atom stereocenters. The van der Waals surface area contributed by atoms with Crippen molar-refractivity contribution in [1.82, 2.24) is 19.5 Å². The Morgan fingerprint density at radius 1 is 1.21 bits per heavy atom. The summed E-state index contributed by atoms with van der Waals surface area (Å²) in [6, 6.07) is 0. The van der Waals surface area contributed by atoms with E-state index in [2.05, 4.69) is 28.1 Å². The monoisotopic (exact) mass is 556 g/mol. The van der Waals surface area contributed by atoms with Gasteiger partial charge in [-0.25, -0.2) is 32.4 Å². The first kappa shape index (κ1) is 27.1. The van der Waals surface area contributed by atoms with Crippen LogP contribution in [0.3, 0.4) is 0 Å². The molecule has 0 aromatic carbocycles. The molecular formula is C12H17F2N4O13P3. The minimum Gasteiger partial charge on any atom is -0.384 e. The number of nitrogens with one attached hydrogen (secondary N) is 1. The van der Waals surface area contributed by atoms with E-state index in [0.717, 1.165) is 10.9 Å². The largest absolute Gasteiger partial charge is 0.490 e. The van der Waals surface area contributed by atoms with Gasteiger partial charge >= 0.3 is 23.5 Å². The molecule has 192 valence electrons. The molecule has 2 unspecified atom stereocenters. The van der Waals surface area contributed by atoms with Crippen molar-refractivity contribution in [2.75, 3.05) is 6.61 Å². The van der Waals surface area contributed by atoms with Crippen LogP contribution in [0.25, 0.3) is 11.2 Å². The normalized spacial score (nSPS) is 31.4. The van der Waals surface area contributed by atoms with Crippen LogP contribution in [0.5, 0.6) is 0 Å². The number of imidazole rings is 1. The van der Waals surface area contributed by atoms with E-state index >= 15 is 8.78 Å². The smallest absolute Gasteiger partial charge is 0.384 e. The van der Waals surface area contributed by atoms with Gasteiger partial charge in [-0.1, -0.05) is 0 Å². The number of aryl methyl sites for hydroxylation is 1. The number of aliphatic hydroxyl groups is 1. The molecule has 0 bridgehead atoms. The number of phosphoric acid groups is 3. The van der Waals surface area contributed by atoms with E-state index in [1.165, 1.54) is 6.92 Å². The molecule has 3 heterocycles. The third-order valence-corrected chi connectivity index (χ3v) is 8.16. The number of hydrogen-bond acceptors (Lipinski definition) is 11. The number of aromatic nitrogens is 4. The molecule has 0 radical (unpaired) electrons. The van der Waals surface area contributed by atoms with Gasteiger partial charge in [0.1, 0.15) is 12.4 Å². The van der Waals surface area contributed by atoms with Crippen molar-refractivity contribution >= 4 is 34.6 Å². The highest BCUT2D eigenvalue weighted by Gasteiger charge is 2.65. The molecule has 1 aliphatic heterocycles. The fourth-order valence-electron chi connectivity index (χ4n) is 3.04. The number of halogens is 2. The van der Waals surface area contributed by atoms with E-state index in [0.29, 0.717) is 6.92 Å². The molecule has 3 rings (SSSR count). The predicted molar refractivity (Wildman–Crippen MR) is 102 cm³/mol. The van der Waals surface area contributed by atoms with E-state index in [1.54, 1.807) is 0 Å². The fourth-order valence-corrected chi connectivity index (χ4v) is 6.08. The van der Waals surface area contributed by atoms with Gasteiger partial charge in [-0.3, -0.25) is 13.9 Å². The van der Waals surface area contributed by atoms with Gasteiger partial charge in [0.25, 0.3) is 11.4 Å². The average Bonchev–Trinajstić information content (AvgIpc) is 3.11. The van der Waals surface area contributed by atoms with Crippen LogP contribution in [-0.2, 0) is 31.6 Å². The number of aromatic amines is 1. The summed E-state index contributed by atoms with van der Waals surface area (Å²) in [6.45, 7) is 0.299. The third kappa shape index (κ3) is 5.51. The van der Waals surface area contributed by atoms with Gasteiger partial charge in [-0.2, -0.15) is 8.62 Å². The molecule has 0 spiro atoms. The zero-order chi connectivity index (χ0) is 25.9. The Labute approximate surface area is 186 Å². The predicted octanol–water partition coefficient (Wildman–Crippen LogP) is 0.0550. The van der Waals surface area contributed by atoms with Crippen LogP contribution < -0.4 is 5.56 Å². The number of H-pyrrole nitrogens is 1. The van der Waals surface area contributed by atoms with Gasteiger partial charge in [0, 0.05) is 0 Å². The molecule has 0 aliphatic carbocycles. The van der Waals surface area contributed by atoms with E-state index in [-0.39, 0.29) is 17.0 Å². The molecule has 1 saturated heterocycles. The van der Waals surface area contributed by atoms with Crippen molar-refractivity contribution in [3.63, 3.8) is 0 Å². The fraction of sp³-hybridized carbons (Fsp3) is 0.583. The molecule has 22 heteroatoms. The molecule has 17 nitrogen and oxygen atoms in total. The Kier molecular flexibility index (Phi) is 6.85. The number of fused-ring (bicyclic) bond motifs is 1. The van der Waals surface area contributed by atoms with Crippen LogP contribution >= 0.6 is 23.5 Å². The number of alkyl halides is 2. The summed E-state index contributed by atoms with van der Waals surface area (Å²) in [6.07, 6.45) is -3.89. The van der Waals surface area contributed by atoms with Gasteiger partial charge in [0.2, 0.25) is 0 Å². The van der Waals surface area contributed by atoms with E-state index in [4.69, 9.17) is 19.4 Å². The summed E-state index contributed by atoms with van der Waals surface area (Å²) in [4.78, 5) is 57.6. The van der Waals surface area contributed by atoms with Crippen molar-refractivity contribution in [2.45, 2.75) is 37.7 Å². The SMILES string of the molecule is Cc1nc2c(ncn2[C@@H]2O[C@](F)(COP(=O)(O)OP(=O)(O)OP(=O)(O)O)[C@@H](O)[C@@]2(C)F)c(=O)[nH]1. The quantitative estimate of drug-likeness (QED) is 0.235. The number of phosphoric ester groups is 1. The first-order valence-electron chi connectivity index (χ1n) is 8.72. The van der Waals surface area contributed by atoms with E-state index in [9.17, 15) is 28.5 Å². The second-order valence-electron chi connectivity index (χ2n) is 7.15. The maximum Gasteiger partial charge on any atom is 0.490 e. The number of nitrogens with zero attached hydrogens (tertiary/aromatic N) is 3. The van der Waals surface area contributed by atoms with E-state index in [1.807, 2.05) is 0 Å². The Hall–Kier alpha value is -1.46. The Balaban J connectivity index is 1.84. The number of ether oxygens (including phenoxy) is 1. The average molecular weight is 556 g/mol. The summed E-state index contributed by atoms with van der Waals surface area (Å²) in [5.41, 5.74) is -4.22. The molecule has 1 aliphatic rings. The Morgan fingerprint density at radius 2 is 1.82 bits per heavy atom. The molecule has 1 fully saturated rings. The Morgan fingerprint density at radius 3 is 2.41 bits per heavy atom. The molecule has 2 aromatic heterocycles. The standard InChI is InChI=1S/C12H17F2N4O13P3/c1-5-16-7-6(8(19)17-5)15-4-18(7)10-11(2,13)9(20)12(14,29-10)3-28-33(24,25)31-34(26,27)30-32(21,22)23/h4,9-10,20H,3H2,1-2H3,(H,24,25)(H,26,27)(H,16,17,19)(H2,21,22,23)/t9-,10+,11+,12+/m0/s1. The maximum absolute atomic E-state index is 15.3. The van der Waals surface area contributed by atoms with Crippen molar-refractivity contribution in [2.24, 2.45) is 0 Å². The van der Waals surface area contributed by atoms with Crippen LogP contribution in [0.2, 0.25) is 0 Å². The maximum atomic E-state index is 15.3. The van der Waals surface area contributed by atoms with Crippen LogP contribution in [0, 0.1) is 6.92 Å². The lowest BCUT2D eigenvalue weighted by Crippen LogP contribution is -2.46. The lowest BCUT2D eigenvalue weighted by Gasteiger charge is -2.25. The number of aliphatic hydroxyl groups excluding tert-OH is 1.